The Morgan fingerprint density at radius 3 is 2.23 bits per heavy atom. The van der Waals surface area contributed by atoms with Crippen molar-refractivity contribution in [2.45, 2.75) is 9.79 Å². The number of aromatic amines is 1. The molecule has 4 N–H and O–H groups in total. The molecular weight excluding hydrogens is 440 g/mol. The molecule has 0 saturated carbocycles. The molecule has 3 aromatic rings. The molecule has 1 aromatic heterocycles. The van der Waals surface area contributed by atoms with E-state index in [1.807, 2.05) is 0 Å². The average molecular weight is 452 g/mol. The number of nitrogens with zero attached hydrogens (tertiary/aromatic N) is 3. The summed E-state index contributed by atoms with van der Waals surface area (Å²) in [5.74, 6) is -1.46. The maximum Gasteiger partial charge on any atom is 0.356 e. The normalized spacial score (nSPS) is 11.8. The van der Waals surface area contributed by atoms with E-state index < -0.39 is 37.9 Å². The van der Waals surface area contributed by atoms with E-state index in [0.717, 1.165) is 16.8 Å². The van der Waals surface area contributed by atoms with Gasteiger partial charge < -0.3 is 5.11 Å². The summed E-state index contributed by atoms with van der Waals surface area (Å²) in [5, 5.41) is 27.7. The van der Waals surface area contributed by atoms with E-state index in [1.54, 1.807) is 12.1 Å². The van der Waals surface area contributed by atoms with E-state index >= 15 is 0 Å². The molecule has 0 atom stereocenters. The lowest BCUT2D eigenvalue weighted by atomic mass is 10.3. The Kier molecular flexibility index (Phi) is 6.14. The van der Waals surface area contributed by atoms with Gasteiger partial charge in [0, 0.05) is 4.90 Å². The Bertz CT molecular complexity index is 1260. The van der Waals surface area contributed by atoms with Crippen LogP contribution in [0.4, 0.5) is 11.4 Å². The van der Waals surface area contributed by atoms with Gasteiger partial charge in [-0.1, -0.05) is 0 Å². The summed E-state index contributed by atoms with van der Waals surface area (Å²) >= 11 is 0.705. The third kappa shape index (κ3) is 4.64. The van der Waals surface area contributed by atoms with Crippen LogP contribution in [0.2, 0.25) is 0 Å². The second-order valence-corrected chi connectivity index (χ2v) is 7.81. The first-order valence-corrected chi connectivity index (χ1v) is 10.0. The molecular formula is C16H12N4O8S2. The van der Waals surface area contributed by atoms with Gasteiger partial charge in [-0.3, -0.25) is 14.4 Å². The zero-order chi connectivity index (χ0) is 21.9. The van der Waals surface area contributed by atoms with Gasteiger partial charge >= 0.3 is 5.97 Å². The summed E-state index contributed by atoms with van der Waals surface area (Å²) in [6.45, 7) is 0. The molecule has 0 unspecified atom stereocenters. The molecule has 0 aliphatic rings. The van der Waals surface area contributed by atoms with Gasteiger partial charge in [0.2, 0.25) is 0 Å². The third-order valence-electron chi connectivity index (χ3n) is 3.71. The van der Waals surface area contributed by atoms with Gasteiger partial charge in [0.15, 0.2) is 11.4 Å². The molecule has 0 radical (unpaired) electrons. The second kappa shape index (κ2) is 8.60. The van der Waals surface area contributed by atoms with Crippen LogP contribution in [0.25, 0.3) is 5.69 Å². The molecule has 0 aliphatic carbocycles. The summed E-state index contributed by atoms with van der Waals surface area (Å²) in [6.07, 6.45) is 0. The van der Waals surface area contributed by atoms with Crippen molar-refractivity contribution in [3.8, 4) is 5.69 Å². The molecule has 1 heterocycles. The van der Waals surface area contributed by atoms with Crippen LogP contribution in [-0.4, -0.2) is 39.1 Å². The van der Waals surface area contributed by atoms with Gasteiger partial charge in [-0.25, -0.2) is 14.7 Å². The monoisotopic (exact) mass is 452 g/mol. The van der Waals surface area contributed by atoms with Crippen LogP contribution in [0.15, 0.2) is 73.3 Å². The molecule has 156 valence electrons. The highest BCUT2D eigenvalue weighted by Gasteiger charge is 2.21. The number of aromatic nitrogens is 2. The molecule has 3 rings (SSSR count). The van der Waals surface area contributed by atoms with E-state index in [-0.39, 0.29) is 5.69 Å². The van der Waals surface area contributed by atoms with Gasteiger partial charge in [-0.05, 0) is 48.5 Å². The van der Waals surface area contributed by atoms with Gasteiger partial charge in [0.05, 0.1) is 28.3 Å². The van der Waals surface area contributed by atoms with Gasteiger partial charge in [0.25, 0.3) is 15.7 Å². The zero-order valence-corrected chi connectivity index (χ0v) is 16.3. The molecule has 0 bridgehead atoms. The minimum absolute atomic E-state index is 0.113. The van der Waals surface area contributed by atoms with Gasteiger partial charge in [-0.2, -0.15) is 17.9 Å². The van der Waals surface area contributed by atoms with E-state index in [0.29, 0.717) is 22.6 Å². The predicted molar refractivity (Wildman–Crippen MR) is 103 cm³/mol. The van der Waals surface area contributed by atoms with Crippen LogP contribution in [0.3, 0.4) is 0 Å². The third-order valence-corrected chi connectivity index (χ3v) is 5.12. The van der Waals surface area contributed by atoms with Gasteiger partial charge in [-0.15, -0.1) is 5.11 Å². The van der Waals surface area contributed by atoms with Crippen LogP contribution in [0.5, 0.6) is 0 Å². The van der Waals surface area contributed by atoms with Crippen LogP contribution in [0.1, 0.15) is 10.5 Å². The number of H-pyrrole nitrogens is 1. The fourth-order valence-electron chi connectivity index (χ4n) is 2.34. The summed E-state index contributed by atoms with van der Waals surface area (Å²) in [7, 11) is -4.42. The first-order chi connectivity index (χ1) is 14.2. The van der Waals surface area contributed by atoms with Crippen molar-refractivity contribution in [2.24, 2.45) is 10.2 Å². The summed E-state index contributed by atoms with van der Waals surface area (Å²) < 4.78 is 36.1. The first kappa shape index (κ1) is 21.4. The molecule has 30 heavy (non-hydrogen) atoms. The maximum atomic E-state index is 12.6. The summed E-state index contributed by atoms with van der Waals surface area (Å²) in [4.78, 5) is 24.3. The predicted octanol–water partition coefficient (Wildman–Crippen LogP) is 3.02. The highest BCUT2D eigenvalue weighted by Crippen LogP contribution is 2.24. The number of hydrogen-bond donors (Lipinski definition) is 4. The second-order valence-electron chi connectivity index (χ2n) is 5.60. The summed E-state index contributed by atoms with van der Waals surface area (Å²) in [5.41, 5.74) is -1.42. The van der Waals surface area contributed by atoms with Crippen LogP contribution in [-0.2, 0) is 14.5 Å². The number of carboxylic acid groups (broad SMARTS) is 1. The van der Waals surface area contributed by atoms with Crippen molar-refractivity contribution in [1.82, 2.24) is 9.78 Å². The van der Waals surface area contributed by atoms with E-state index in [4.69, 9.17) is 9.81 Å². The largest absolute Gasteiger partial charge is 0.476 e. The van der Waals surface area contributed by atoms with E-state index in [1.165, 1.54) is 24.3 Å². The Balaban J connectivity index is 1.98. The fraction of sp³-hybridized carbons (Fsp3) is 0. The highest BCUT2D eigenvalue weighted by atomic mass is 32.2. The van der Waals surface area contributed by atoms with Crippen LogP contribution >= 0.6 is 12.0 Å². The van der Waals surface area contributed by atoms with Crippen molar-refractivity contribution in [3.63, 3.8) is 0 Å². The topological polar surface area (TPSA) is 184 Å². The molecule has 2 aromatic carbocycles. The van der Waals surface area contributed by atoms with Crippen molar-refractivity contribution >= 4 is 39.5 Å². The van der Waals surface area contributed by atoms with Crippen molar-refractivity contribution in [2.75, 3.05) is 0 Å². The lowest BCUT2D eigenvalue weighted by Gasteiger charge is -2.02. The first-order valence-electron chi connectivity index (χ1n) is 7.87. The van der Waals surface area contributed by atoms with Crippen LogP contribution in [0, 0.1) is 0 Å². The Hall–Kier alpha value is -3.30. The van der Waals surface area contributed by atoms with Crippen molar-refractivity contribution in [1.29, 1.82) is 0 Å². The highest BCUT2D eigenvalue weighted by molar-refractivity contribution is 7.94. The Labute approximate surface area is 172 Å². The molecule has 0 aliphatic heterocycles. The number of aromatic carboxylic acids is 1. The molecule has 12 nitrogen and oxygen atoms in total. The minimum atomic E-state index is -4.42. The fourth-order valence-corrected chi connectivity index (χ4v) is 3.15. The maximum absolute atomic E-state index is 12.6. The lowest BCUT2D eigenvalue weighted by molar-refractivity contribution is -0.116. The number of azo groups is 1. The number of hydrogen-bond acceptors (Lipinski definition) is 9. The number of carbonyl (C=O) groups is 1. The van der Waals surface area contributed by atoms with Crippen molar-refractivity contribution < 1.29 is 32.5 Å². The van der Waals surface area contributed by atoms with E-state index in [9.17, 15) is 23.1 Å². The SMILES string of the molecule is O=C(O)c1[nH]n(-c2ccc(S(=O)(=O)O)cc2)c(=O)c1N=Nc1ccc(SOO)cc1. The quantitative estimate of drug-likeness (QED) is 0.137. The number of benzene rings is 2. The molecule has 0 fully saturated rings. The lowest BCUT2D eigenvalue weighted by Crippen LogP contribution is -2.14. The number of nitrogens with one attached hydrogen (secondary N) is 1. The standard InChI is InChI=1S/C16H12N4O8S2/c21-15-13(18-17-9-1-5-11(6-2-9)29-28-24)14(16(22)23)19-20(15)10-3-7-12(8-4-10)30(25,26)27/h1-8,19,24H,(H,22,23)(H,25,26,27). The smallest absolute Gasteiger partial charge is 0.356 e. The number of rotatable bonds is 7. The molecule has 0 spiro atoms. The van der Waals surface area contributed by atoms with Crippen LogP contribution < -0.4 is 5.56 Å². The van der Waals surface area contributed by atoms with E-state index in [2.05, 4.69) is 19.7 Å². The minimum Gasteiger partial charge on any atom is -0.476 e. The average Bonchev–Trinajstić information content (AvgIpc) is 3.04. The molecule has 0 saturated heterocycles. The number of carboxylic acids is 1. The van der Waals surface area contributed by atoms with Crippen molar-refractivity contribution in [3.05, 3.63) is 64.6 Å². The molecule has 0 amide bonds. The zero-order valence-electron chi connectivity index (χ0n) is 14.7. The van der Waals surface area contributed by atoms with Gasteiger partial charge in [0.1, 0.15) is 0 Å². The molecule has 14 heteroatoms. The summed E-state index contributed by atoms with van der Waals surface area (Å²) in [6, 6.07) is 10.6. The Morgan fingerprint density at radius 1 is 1.07 bits per heavy atom. The Morgan fingerprint density at radius 2 is 1.70 bits per heavy atom.